The summed E-state index contributed by atoms with van der Waals surface area (Å²) in [6, 6.07) is 11.5. The number of anilines is 1. The molecule has 2 heterocycles. The number of rotatable bonds is 11. The van der Waals surface area contributed by atoms with Gasteiger partial charge in [0.25, 0.3) is 11.8 Å². The Labute approximate surface area is 280 Å². The number of fused-ring (bicyclic) bond motifs is 4. The number of carboxylic acid groups (broad SMARTS) is 1. The Bertz CT molecular complexity index is 1670. The Hall–Kier alpha value is -3.80. The summed E-state index contributed by atoms with van der Waals surface area (Å²) in [4.78, 5) is 65.2. The third-order valence-electron chi connectivity index (χ3n) is 9.84. The smallest absolute Gasteiger partial charge is 0.303 e. The Balaban J connectivity index is 1.43. The lowest BCUT2D eigenvalue weighted by Crippen LogP contribution is -2.60. The molecule has 0 radical (unpaired) electrons. The van der Waals surface area contributed by atoms with Gasteiger partial charge in [-0.1, -0.05) is 36.3 Å². The first-order valence-corrected chi connectivity index (χ1v) is 16.3. The van der Waals surface area contributed by atoms with Gasteiger partial charge in [-0.15, -0.1) is 23.2 Å². The number of halogens is 3. The van der Waals surface area contributed by atoms with Crippen molar-refractivity contribution in [1.29, 1.82) is 0 Å². The van der Waals surface area contributed by atoms with Gasteiger partial charge in [0.05, 0.1) is 24.1 Å². The van der Waals surface area contributed by atoms with Crippen molar-refractivity contribution in [2.45, 2.75) is 54.2 Å². The minimum absolute atomic E-state index is 0.00690. The summed E-state index contributed by atoms with van der Waals surface area (Å²) in [6.07, 6.45) is 3.17. The maximum atomic E-state index is 14.5. The number of likely N-dealkylation sites (tertiary alicyclic amines) is 1. The predicted molar refractivity (Wildman–Crippen MR) is 168 cm³/mol. The molecule has 3 fully saturated rings. The highest BCUT2D eigenvalue weighted by Crippen LogP contribution is 2.66. The van der Waals surface area contributed by atoms with Gasteiger partial charge < -0.3 is 14.9 Å². The van der Waals surface area contributed by atoms with E-state index in [0.717, 1.165) is 17.0 Å². The van der Waals surface area contributed by atoms with Crippen LogP contribution in [0, 0.1) is 23.6 Å². The fourth-order valence-corrected chi connectivity index (χ4v) is 8.69. The number of carboxylic acids is 1. The first-order valence-electron chi connectivity index (χ1n) is 15.6. The van der Waals surface area contributed by atoms with Gasteiger partial charge in [-0.3, -0.25) is 28.9 Å². The Morgan fingerprint density at radius 2 is 1.68 bits per heavy atom. The number of hydrogen-bond acceptors (Lipinski definition) is 7. The molecular weight excluding hydrogens is 654 g/mol. The number of aliphatic hydroxyl groups excluding tert-OH is 1. The molecule has 2 aromatic rings. The predicted octanol–water partition coefficient (Wildman–Crippen LogP) is 4.41. The topological polar surface area (TPSA) is 142 Å². The molecule has 10 nitrogen and oxygen atoms in total. The summed E-state index contributed by atoms with van der Waals surface area (Å²) in [5.41, 5.74) is 1.09. The molecule has 2 saturated heterocycles. The highest BCUT2D eigenvalue weighted by molar-refractivity contribution is 6.58. The van der Waals surface area contributed by atoms with Gasteiger partial charge in [-0.25, -0.2) is 9.29 Å². The zero-order valence-electron chi connectivity index (χ0n) is 25.2. The van der Waals surface area contributed by atoms with Crippen LogP contribution in [0.1, 0.15) is 50.0 Å². The van der Waals surface area contributed by atoms with Gasteiger partial charge in [0.1, 0.15) is 18.2 Å². The summed E-state index contributed by atoms with van der Waals surface area (Å²) in [7, 11) is 0. The Kier molecular flexibility index (Phi) is 8.92. The molecule has 2 aliphatic carbocycles. The van der Waals surface area contributed by atoms with Crippen LogP contribution < -0.4 is 9.64 Å². The second-order valence-electron chi connectivity index (χ2n) is 12.4. The van der Waals surface area contributed by atoms with Gasteiger partial charge in [-0.05, 0) is 61.9 Å². The third kappa shape index (κ3) is 5.23. The van der Waals surface area contributed by atoms with Crippen molar-refractivity contribution in [3.8, 4) is 5.75 Å². The molecule has 6 atom stereocenters. The lowest BCUT2D eigenvalue weighted by molar-refractivity contribution is -0.141. The number of aliphatic hydroxyl groups is 1. The Morgan fingerprint density at radius 1 is 0.957 bits per heavy atom. The number of para-hydroxylation sites is 1. The molecule has 248 valence electrons. The van der Waals surface area contributed by atoms with Crippen molar-refractivity contribution in [2.75, 3.05) is 24.7 Å². The molecule has 2 N–H and O–H groups in total. The molecule has 1 saturated carbocycles. The van der Waals surface area contributed by atoms with E-state index < -0.39 is 62.9 Å². The first-order chi connectivity index (χ1) is 22.5. The molecule has 0 unspecified atom stereocenters. The van der Waals surface area contributed by atoms with Crippen molar-refractivity contribution >= 4 is 58.5 Å². The van der Waals surface area contributed by atoms with Gasteiger partial charge in [0.2, 0.25) is 11.8 Å². The van der Waals surface area contributed by atoms with E-state index in [1.165, 1.54) is 17.0 Å². The summed E-state index contributed by atoms with van der Waals surface area (Å²) in [5.74, 6) is -6.97. The van der Waals surface area contributed by atoms with Crippen LogP contribution in [0.25, 0.3) is 0 Å². The molecule has 2 aromatic carbocycles. The normalized spacial score (nSPS) is 29.8. The summed E-state index contributed by atoms with van der Waals surface area (Å²) in [5, 5.41) is 18.4. The maximum absolute atomic E-state index is 14.5. The van der Waals surface area contributed by atoms with Crippen LogP contribution >= 0.6 is 23.2 Å². The summed E-state index contributed by atoms with van der Waals surface area (Å²) >= 11 is 14.8. The standard InChI is InChI=1S/C34H33Cl2FN2O8/c35-33-18-24-21(13-14-23-27(24)30(44)38(29(23)43)15-5-1-2-8-26(41)42)28(22-6-3-4-7-25(22)47-17-16-40)34(33,36)32(46)39(31(33)45)20-11-9-19(37)10-12-20/h3-4,6-7,9-13,23-24,27-28,40H,1-2,5,8,14-18H2,(H,41,42)/t23-,24+,27-,28+,33+,34-/m0/s1. The van der Waals surface area contributed by atoms with Crippen LogP contribution in [0.3, 0.4) is 0 Å². The zero-order valence-corrected chi connectivity index (χ0v) is 26.8. The van der Waals surface area contributed by atoms with E-state index in [-0.39, 0.29) is 50.6 Å². The molecule has 13 heteroatoms. The van der Waals surface area contributed by atoms with E-state index in [4.69, 9.17) is 33.0 Å². The average molecular weight is 688 g/mol. The molecule has 4 amide bonds. The number of allylic oxidation sites excluding steroid dienone is 2. The number of aliphatic carboxylic acids is 1. The lowest BCUT2D eigenvalue weighted by Gasteiger charge is -2.51. The SMILES string of the molecule is O=C(O)CCCCCN1C(=O)[C@H]2[C@H](CC=C3[C@H]2C[C@@]2(Cl)C(=O)N(c4ccc(F)cc4)C(=O)[C@@]2(Cl)[C@H]3c2ccccc2OCCO)C1=O. The Morgan fingerprint density at radius 3 is 2.38 bits per heavy atom. The summed E-state index contributed by atoms with van der Waals surface area (Å²) < 4.78 is 19.7. The highest BCUT2D eigenvalue weighted by Gasteiger charge is 2.76. The van der Waals surface area contributed by atoms with Crippen LogP contribution in [0.2, 0.25) is 0 Å². The number of alkyl halides is 2. The quantitative estimate of drug-likeness (QED) is 0.153. The van der Waals surface area contributed by atoms with Gasteiger partial charge >= 0.3 is 5.97 Å². The molecule has 0 aromatic heterocycles. The zero-order chi connectivity index (χ0) is 33.7. The first kappa shape index (κ1) is 33.1. The van der Waals surface area contributed by atoms with E-state index in [9.17, 15) is 33.5 Å². The van der Waals surface area contributed by atoms with Crippen molar-refractivity contribution < 1.29 is 43.3 Å². The van der Waals surface area contributed by atoms with Crippen LogP contribution in [0.15, 0.2) is 60.2 Å². The summed E-state index contributed by atoms with van der Waals surface area (Å²) in [6.45, 7) is -0.228. The van der Waals surface area contributed by atoms with Crippen molar-refractivity contribution in [2.24, 2.45) is 17.8 Å². The van der Waals surface area contributed by atoms with Gasteiger partial charge in [-0.2, -0.15) is 0 Å². The van der Waals surface area contributed by atoms with E-state index in [2.05, 4.69) is 0 Å². The number of amides is 4. The van der Waals surface area contributed by atoms with Crippen molar-refractivity contribution in [3.63, 3.8) is 0 Å². The molecule has 0 bridgehead atoms. The molecule has 2 aliphatic heterocycles. The third-order valence-corrected chi connectivity index (χ3v) is 11.3. The number of unbranched alkanes of at least 4 members (excludes halogenated alkanes) is 2. The molecule has 47 heavy (non-hydrogen) atoms. The second kappa shape index (κ2) is 12.7. The lowest BCUT2D eigenvalue weighted by atomic mass is 9.56. The number of benzene rings is 2. The minimum atomic E-state index is -2.11. The van der Waals surface area contributed by atoms with Crippen LogP contribution in [-0.4, -0.2) is 74.2 Å². The van der Waals surface area contributed by atoms with Crippen LogP contribution in [-0.2, 0) is 24.0 Å². The number of imide groups is 2. The van der Waals surface area contributed by atoms with Gasteiger partial charge in [0.15, 0.2) is 9.75 Å². The van der Waals surface area contributed by atoms with E-state index in [1.807, 2.05) is 6.08 Å². The fraction of sp³-hybridized carbons (Fsp3) is 0.441. The molecular formula is C34H33Cl2FN2O8. The van der Waals surface area contributed by atoms with Crippen molar-refractivity contribution in [1.82, 2.24) is 4.90 Å². The number of nitrogens with zero attached hydrogens (tertiary/aromatic N) is 2. The average Bonchev–Trinajstić information content (AvgIpc) is 3.38. The molecule has 4 aliphatic rings. The fourth-order valence-electron chi connectivity index (χ4n) is 7.76. The van der Waals surface area contributed by atoms with E-state index in [0.29, 0.717) is 36.1 Å². The van der Waals surface area contributed by atoms with Gasteiger partial charge in [0, 0.05) is 24.4 Å². The van der Waals surface area contributed by atoms with Crippen LogP contribution in [0.4, 0.5) is 10.1 Å². The largest absolute Gasteiger partial charge is 0.491 e. The van der Waals surface area contributed by atoms with Crippen molar-refractivity contribution in [3.05, 3.63) is 71.6 Å². The number of ether oxygens (including phenoxy) is 1. The second-order valence-corrected chi connectivity index (χ2v) is 13.6. The molecule has 0 spiro atoms. The number of carbonyl (C=O) groups is 5. The maximum Gasteiger partial charge on any atom is 0.303 e. The van der Waals surface area contributed by atoms with Crippen LogP contribution in [0.5, 0.6) is 5.75 Å². The van der Waals surface area contributed by atoms with E-state index in [1.54, 1.807) is 24.3 Å². The highest BCUT2D eigenvalue weighted by atomic mass is 35.5. The number of hydrogen-bond donors (Lipinski definition) is 2. The molecule has 6 rings (SSSR count). The monoisotopic (exact) mass is 686 g/mol. The number of carbonyl (C=O) groups excluding carboxylic acids is 4. The van der Waals surface area contributed by atoms with E-state index >= 15 is 0 Å². The minimum Gasteiger partial charge on any atom is -0.491 e.